The molecule has 0 heterocycles. The normalized spacial score (nSPS) is 17.3. The van der Waals surface area contributed by atoms with Crippen LogP contribution in [0.4, 0.5) is 0 Å². The fourth-order valence-electron chi connectivity index (χ4n) is 2.25. The molecule has 114 valence electrons. The Morgan fingerprint density at radius 1 is 1.37 bits per heavy atom. The lowest BCUT2D eigenvalue weighted by molar-refractivity contribution is 0.0778. The molecule has 0 aromatic rings. The zero-order valence-corrected chi connectivity index (χ0v) is 14.4. The van der Waals surface area contributed by atoms with Gasteiger partial charge in [-0.2, -0.15) is 0 Å². The molecule has 0 atom stereocenters. The molecule has 6 heteroatoms. The molecule has 1 fully saturated rings. The van der Waals surface area contributed by atoms with Crippen LogP contribution < -0.4 is 10.6 Å². The number of aliphatic hydroxyl groups is 1. The van der Waals surface area contributed by atoms with E-state index in [0.29, 0.717) is 12.0 Å². The summed E-state index contributed by atoms with van der Waals surface area (Å²) in [6.45, 7) is 5.20. The molecular weight excluding hydrogens is 357 g/mol. The molecule has 0 aliphatic heterocycles. The Labute approximate surface area is 133 Å². The summed E-state index contributed by atoms with van der Waals surface area (Å²) >= 11 is 0. The van der Waals surface area contributed by atoms with E-state index in [1.165, 1.54) is 19.3 Å². The lowest BCUT2D eigenvalue weighted by Gasteiger charge is -2.40. The lowest BCUT2D eigenvalue weighted by Crippen LogP contribution is -2.41. The van der Waals surface area contributed by atoms with Gasteiger partial charge in [-0.3, -0.25) is 4.99 Å². The Morgan fingerprint density at radius 3 is 2.58 bits per heavy atom. The largest absolute Gasteiger partial charge is 0.395 e. The number of methoxy groups -OCH3 is 1. The Hall–Kier alpha value is -0.0800. The second-order valence-electron chi connectivity index (χ2n) is 4.94. The predicted molar refractivity (Wildman–Crippen MR) is 89.3 cm³/mol. The van der Waals surface area contributed by atoms with Crippen LogP contribution in [0.15, 0.2) is 4.99 Å². The lowest BCUT2D eigenvalue weighted by atomic mass is 9.67. The molecule has 0 spiro atoms. The second-order valence-corrected chi connectivity index (χ2v) is 4.94. The fourth-order valence-corrected chi connectivity index (χ4v) is 2.25. The van der Waals surface area contributed by atoms with Gasteiger partial charge in [-0.05, 0) is 31.6 Å². The van der Waals surface area contributed by atoms with Crippen molar-refractivity contribution in [3.63, 3.8) is 0 Å². The monoisotopic (exact) mass is 385 g/mol. The van der Waals surface area contributed by atoms with E-state index in [2.05, 4.69) is 15.6 Å². The van der Waals surface area contributed by atoms with Crippen molar-refractivity contribution in [2.24, 2.45) is 10.4 Å². The van der Waals surface area contributed by atoms with E-state index in [4.69, 9.17) is 9.84 Å². The number of halogens is 1. The summed E-state index contributed by atoms with van der Waals surface area (Å²) in [5.41, 5.74) is 0.345. The molecule has 1 rings (SSSR count). The maximum atomic E-state index is 8.82. The maximum Gasteiger partial charge on any atom is 0.191 e. The molecule has 0 aromatic heterocycles. The van der Waals surface area contributed by atoms with Gasteiger partial charge in [-0.1, -0.05) is 6.42 Å². The number of guanidine groups is 1. The summed E-state index contributed by atoms with van der Waals surface area (Å²) in [7, 11) is 1.75. The minimum Gasteiger partial charge on any atom is -0.395 e. The predicted octanol–water partition coefficient (Wildman–Crippen LogP) is 1.36. The third-order valence-electron chi connectivity index (χ3n) is 3.57. The summed E-state index contributed by atoms with van der Waals surface area (Å²) in [6, 6.07) is 0. The van der Waals surface area contributed by atoms with Crippen molar-refractivity contribution in [2.45, 2.75) is 32.6 Å². The number of aliphatic imine (C=N–C) groups is 1. The van der Waals surface area contributed by atoms with Gasteiger partial charge in [0.25, 0.3) is 0 Å². The van der Waals surface area contributed by atoms with E-state index in [-0.39, 0.29) is 30.6 Å². The first-order chi connectivity index (χ1) is 8.76. The first kappa shape index (κ1) is 18.9. The van der Waals surface area contributed by atoms with Crippen molar-refractivity contribution in [3.05, 3.63) is 0 Å². The number of aliphatic hydroxyl groups excluding tert-OH is 1. The van der Waals surface area contributed by atoms with E-state index in [1.54, 1.807) is 7.11 Å². The molecule has 0 amide bonds. The summed E-state index contributed by atoms with van der Waals surface area (Å²) in [5, 5.41) is 15.1. The van der Waals surface area contributed by atoms with Gasteiger partial charge in [0, 0.05) is 33.4 Å². The van der Waals surface area contributed by atoms with E-state index in [9.17, 15) is 0 Å². The van der Waals surface area contributed by atoms with Gasteiger partial charge in [-0.15, -0.1) is 24.0 Å². The van der Waals surface area contributed by atoms with E-state index >= 15 is 0 Å². The standard InChI is InChI=1S/C13H27N3O2.HI/c1-3-14-12(15-8-9-17)16-11-13(5-4-6-13)7-10-18-2;/h17H,3-11H2,1-2H3,(H2,14,15,16);1H. The number of hydrogen-bond acceptors (Lipinski definition) is 3. The number of hydrogen-bond donors (Lipinski definition) is 3. The quantitative estimate of drug-likeness (QED) is 0.335. The van der Waals surface area contributed by atoms with Gasteiger partial charge in [0.05, 0.1) is 6.61 Å². The average Bonchev–Trinajstić information content (AvgIpc) is 2.34. The van der Waals surface area contributed by atoms with Crippen molar-refractivity contribution in [2.75, 3.05) is 40.0 Å². The highest BCUT2D eigenvalue weighted by Gasteiger charge is 2.36. The average molecular weight is 385 g/mol. The molecular formula is C13H28IN3O2. The number of ether oxygens (including phenoxy) is 1. The zero-order valence-electron chi connectivity index (χ0n) is 12.1. The molecule has 1 aliphatic carbocycles. The zero-order chi connectivity index (χ0) is 13.3. The first-order valence-corrected chi connectivity index (χ1v) is 6.88. The Morgan fingerprint density at radius 2 is 2.11 bits per heavy atom. The van der Waals surface area contributed by atoms with E-state index in [0.717, 1.165) is 32.1 Å². The SMILES string of the molecule is CCNC(=NCC1(CCOC)CCC1)NCCO.I. The van der Waals surface area contributed by atoms with Crippen LogP contribution in [0.5, 0.6) is 0 Å². The molecule has 1 saturated carbocycles. The molecule has 0 saturated heterocycles. The number of rotatable bonds is 8. The van der Waals surface area contributed by atoms with Crippen LogP contribution in [-0.4, -0.2) is 51.0 Å². The van der Waals surface area contributed by atoms with E-state index in [1.807, 2.05) is 6.92 Å². The molecule has 0 radical (unpaired) electrons. The molecule has 0 bridgehead atoms. The van der Waals surface area contributed by atoms with Crippen LogP contribution in [0.2, 0.25) is 0 Å². The molecule has 0 aromatic carbocycles. The van der Waals surface area contributed by atoms with Gasteiger partial charge in [0.1, 0.15) is 0 Å². The van der Waals surface area contributed by atoms with Crippen molar-refractivity contribution in [1.29, 1.82) is 0 Å². The number of nitrogens with one attached hydrogen (secondary N) is 2. The van der Waals surface area contributed by atoms with Crippen molar-refractivity contribution in [1.82, 2.24) is 10.6 Å². The summed E-state index contributed by atoms with van der Waals surface area (Å²) in [5.74, 6) is 0.801. The Balaban J connectivity index is 0.00000324. The molecule has 3 N–H and O–H groups in total. The maximum absolute atomic E-state index is 8.82. The third-order valence-corrected chi connectivity index (χ3v) is 3.57. The molecule has 1 aliphatic rings. The van der Waals surface area contributed by atoms with Crippen molar-refractivity contribution < 1.29 is 9.84 Å². The van der Waals surface area contributed by atoms with Crippen LogP contribution in [0.1, 0.15) is 32.6 Å². The summed E-state index contributed by atoms with van der Waals surface area (Å²) < 4.78 is 5.18. The van der Waals surface area contributed by atoms with Gasteiger partial charge >= 0.3 is 0 Å². The molecule has 0 unspecified atom stereocenters. The van der Waals surface area contributed by atoms with Crippen LogP contribution in [0.3, 0.4) is 0 Å². The van der Waals surface area contributed by atoms with Crippen LogP contribution >= 0.6 is 24.0 Å². The smallest absolute Gasteiger partial charge is 0.191 e. The highest BCUT2D eigenvalue weighted by atomic mass is 127. The minimum atomic E-state index is 0. The first-order valence-electron chi connectivity index (χ1n) is 6.88. The summed E-state index contributed by atoms with van der Waals surface area (Å²) in [4.78, 5) is 4.63. The molecule has 5 nitrogen and oxygen atoms in total. The van der Waals surface area contributed by atoms with Crippen LogP contribution in [0, 0.1) is 5.41 Å². The Bertz CT molecular complexity index is 258. The summed E-state index contributed by atoms with van der Waals surface area (Å²) in [6.07, 6.45) is 4.89. The minimum absolute atomic E-state index is 0. The topological polar surface area (TPSA) is 65.9 Å². The van der Waals surface area contributed by atoms with E-state index < -0.39 is 0 Å². The van der Waals surface area contributed by atoms with Gasteiger partial charge in [-0.25, -0.2) is 0 Å². The van der Waals surface area contributed by atoms with Gasteiger partial charge < -0.3 is 20.5 Å². The third kappa shape index (κ3) is 6.76. The highest BCUT2D eigenvalue weighted by Crippen LogP contribution is 2.44. The highest BCUT2D eigenvalue weighted by molar-refractivity contribution is 14.0. The number of nitrogens with zero attached hydrogens (tertiary/aromatic N) is 1. The van der Waals surface area contributed by atoms with Crippen LogP contribution in [-0.2, 0) is 4.74 Å². The van der Waals surface area contributed by atoms with Gasteiger partial charge in [0.15, 0.2) is 5.96 Å². The Kier molecular flexibility index (Phi) is 10.6. The second kappa shape index (κ2) is 10.7. The van der Waals surface area contributed by atoms with Crippen LogP contribution in [0.25, 0.3) is 0 Å². The molecule has 19 heavy (non-hydrogen) atoms. The van der Waals surface area contributed by atoms with Crippen molar-refractivity contribution >= 4 is 29.9 Å². The van der Waals surface area contributed by atoms with Crippen molar-refractivity contribution in [3.8, 4) is 0 Å². The fraction of sp³-hybridized carbons (Fsp3) is 0.923. The van der Waals surface area contributed by atoms with Gasteiger partial charge in [0.2, 0.25) is 0 Å².